The number of pyridine rings is 1. The second-order valence-electron chi connectivity index (χ2n) is 5.75. The van der Waals surface area contributed by atoms with Crippen LogP contribution in [0.3, 0.4) is 0 Å². The molecule has 26 heavy (non-hydrogen) atoms. The summed E-state index contributed by atoms with van der Waals surface area (Å²) >= 11 is 0. The Morgan fingerprint density at radius 3 is 2.46 bits per heavy atom. The van der Waals surface area contributed by atoms with Crippen molar-refractivity contribution in [3.63, 3.8) is 0 Å². The summed E-state index contributed by atoms with van der Waals surface area (Å²) in [7, 11) is 1.55. The van der Waals surface area contributed by atoms with Crippen LogP contribution in [0.25, 0.3) is 12.2 Å². The maximum atomic E-state index is 12.3. The Labute approximate surface area is 152 Å². The zero-order chi connectivity index (χ0) is 18.4. The first-order chi connectivity index (χ1) is 12.7. The number of aryl methyl sites for hydroxylation is 1. The Kier molecular flexibility index (Phi) is 5.44. The van der Waals surface area contributed by atoms with Crippen LogP contribution < -0.4 is 9.47 Å². The molecule has 0 saturated carbocycles. The van der Waals surface area contributed by atoms with Gasteiger partial charge in [0.15, 0.2) is 11.5 Å². The monoisotopic (exact) mass is 345 g/mol. The second kappa shape index (κ2) is 8.12. The molecule has 0 aliphatic carbocycles. The van der Waals surface area contributed by atoms with Crippen LogP contribution in [0.5, 0.6) is 11.5 Å². The van der Waals surface area contributed by atoms with Crippen molar-refractivity contribution in [2.24, 2.45) is 0 Å². The topological polar surface area (TPSA) is 48.4 Å². The lowest BCUT2D eigenvalue weighted by Gasteiger charge is -2.10. The van der Waals surface area contributed by atoms with E-state index in [2.05, 4.69) is 4.98 Å². The number of carbonyl (C=O) groups excluding carboxylic acids is 1. The summed E-state index contributed by atoms with van der Waals surface area (Å²) < 4.78 is 10.8. The molecule has 0 atom stereocenters. The van der Waals surface area contributed by atoms with E-state index >= 15 is 0 Å². The molecule has 0 aliphatic heterocycles. The Morgan fingerprint density at radius 2 is 1.77 bits per heavy atom. The molecule has 1 heterocycles. The van der Waals surface area contributed by atoms with Crippen LogP contribution in [0.2, 0.25) is 0 Å². The van der Waals surface area contributed by atoms with Gasteiger partial charge >= 0.3 is 5.97 Å². The van der Waals surface area contributed by atoms with Crippen molar-refractivity contribution in [1.29, 1.82) is 0 Å². The number of hydrogen-bond donors (Lipinski definition) is 0. The largest absolute Gasteiger partial charge is 0.493 e. The van der Waals surface area contributed by atoms with E-state index in [4.69, 9.17) is 9.47 Å². The summed E-state index contributed by atoms with van der Waals surface area (Å²) in [6.07, 6.45) is 5.58. The van der Waals surface area contributed by atoms with E-state index in [1.165, 1.54) is 0 Å². The Morgan fingerprint density at radius 1 is 0.962 bits per heavy atom. The zero-order valence-electron chi connectivity index (χ0n) is 14.7. The summed E-state index contributed by atoms with van der Waals surface area (Å²) in [5.74, 6) is 0.460. The normalized spacial score (nSPS) is 10.7. The van der Waals surface area contributed by atoms with Gasteiger partial charge in [-0.1, -0.05) is 35.9 Å². The fourth-order valence-electron chi connectivity index (χ4n) is 2.38. The van der Waals surface area contributed by atoms with Crippen LogP contribution in [0.4, 0.5) is 0 Å². The average Bonchev–Trinajstić information content (AvgIpc) is 2.68. The van der Waals surface area contributed by atoms with Crippen molar-refractivity contribution < 1.29 is 14.3 Å². The predicted octanol–water partition coefficient (Wildman–Crippen LogP) is 4.79. The fourth-order valence-corrected chi connectivity index (χ4v) is 2.38. The summed E-state index contributed by atoms with van der Waals surface area (Å²) in [5, 5.41) is 0. The number of nitrogens with zero attached hydrogens (tertiary/aromatic N) is 1. The molecule has 3 rings (SSSR count). The molecule has 0 unspecified atom stereocenters. The zero-order valence-corrected chi connectivity index (χ0v) is 14.7. The first-order valence-electron chi connectivity index (χ1n) is 8.22. The van der Waals surface area contributed by atoms with Gasteiger partial charge in [0.25, 0.3) is 0 Å². The third-order valence-corrected chi connectivity index (χ3v) is 3.81. The number of methoxy groups -OCH3 is 1. The fraction of sp³-hybridized carbons (Fsp3) is 0.0909. The quantitative estimate of drug-likeness (QED) is 0.493. The minimum atomic E-state index is -0.417. The summed E-state index contributed by atoms with van der Waals surface area (Å²) in [5.41, 5.74) is 3.36. The molecule has 4 heteroatoms. The molecule has 0 aliphatic rings. The van der Waals surface area contributed by atoms with Gasteiger partial charge in [0.2, 0.25) is 0 Å². The van der Waals surface area contributed by atoms with Crippen molar-refractivity contribution in [2.75, 3.05) is 7.11 Å². The predicted molar refractivity (Wildman–Crippen MR) is 102 cm³/mol. The highest BCUT2D eigenvalue weighted by atomic mass is 16.6. The molecular formula is C22H19NO3. The van der Waals surface area contributed by atoms with Crippen LogP contribution in [-0.4, -0.2) is 18.1 Å². The molecule has 3 aromatic rings. The number of carbonyl (C=O) groups is 1. The van der Waals surface area contributed by atoms with Crippen LogP contribution in [-0.2, 0) is 0 Å². The van der Waals surface area contributed by atoms with E-state index in [-0.39, 0.29) is 0 Å². The van der Waals surface area contributed by atoms with E-state index in [1.54, 1.807) is 31.5 Å². The van der Waals surface area contributed by atoms with E-state index in [1.807, 2.05) is 61.5 Å². The molecule has 0 fully saturated rings. The Bertz CT molecular complexity index is 916. The Hall–Kier alpha value is -3.40. The summed E-state index contributed by atoms with van der Waals surface area (Å²) in [6.45, 7) is 1.97. The van der Waals surface area contributed by atoms with Crippen molar-refractivity contribution in [3.8, 4) is 11.5 Å². The van der Waals surface area contributed by atoms with Gasteiger partial charge in [-0.25, -0.2) is 4.79 Å². The molecule has 0 radical (unpaired) electrons. The first kappa shape index (κ1) is 17.4. The molecule has 0 amide bonds. The van der Waals surface area contributed by atoms with Gasteiger partial charge in [-0.2, -0.15) is 0 Å². The third-order valence-electron chi connectivity index (χ3n) is 3.81. The second-order valence-corrected chi connectivity index (χ2v) is 5.75. The number of esters is 1. The van der Waals surface area contributed by atoms with Crippen molar-refractivity contribution >= 4 is 18.1 Å². The lowest BCUT2D eigenvalue weighted by molar-refractivity contribution is 0.0729. The van der Waals surface area contributed by atoms with Gasteiger partial charge in [0.1, 0.15) is 0 Å². The van der Waals surface area contributed by atoms with Gasteiger partial charge < -0.3 is 9.47 Å². The minimum absolute atomic E-state index is 0.382. The number of rotatable bonds is 5. The maximum absolute atomic E-state index is 12.3. The van der Waals surface area contributed by atoms with Crippen LogP contribution in [0.15, 0.2) is 66.9 Å². The highest BCUT2D eigenvalue weighted by Gasteiger charge is 2.12. The third kappa shape index (κ3) is 4.36. The molecule has 0 spiro atoms. The van der Waals surface area contributed by atoms with Gasteiger partial charge in [-0.05, 0) is 55.0 Å². The molecular weight excluding hydrogens is 326 g/mol. The van der Waals surface area contributed by atoms with Gasteiger partial charge in [-0.3, -0.25) is 4.98 Å². The number of hydrogen-bond acceptors (Lipinski definition) is 4. The molecule has 0 saturated heterocycles. The van der Waals surface area contributed by atoms with Gasteiger partial charge in [-0.15, -0.1) is 0 Å². The Balaban J connectivity index is 1.77. The number of ether oxygens (including phenoxy) is 2. The SMILES string of the molecule is COc1cc(/C=C/c2ccccn2)ccc1OC(=O)c1ccc(C)cc1. The number of benzene rings is 2. The average molecular weight is 345 g/mol. The highest BCUT2D eigenvalue weighted by molar-refractivity contribution is 5.91. The summed E-state index contributed by atoms with van der Waals surface area (Å²) in [6, 6.07) is 18.4. The van der Waals surface area contributed by atoms with Crippen molar-refractivity contribution in [3.05, 3.63) is 89.2 Å². The van der Waals surface area contributed by atoms with Crippen LogP contribution in [0, 0.1) is 6.92 Å². The van der Waals surface area contributed by atoms with E-state index in [9.17, 15) is 4.79 Å². The molecule has 130 valence electrons. The van der Waals surface area contributed by atoms with Crippen LogP contribution in [0.1, 0.15) is 27.2 Å². The van der Waals surface area contributed by atoms with E-state index in [0.717, 1.165) is 16.8 Å². The molecule has 1 aromatic heterocycles. The first-order valence-corrected chi connectivity index (χ1v) is 8.22. The maximum Gasteiger partial charge on any atom is 0.343 e. The van der Waals surface area contributed by atoms with Crippen molar-refractivity contribution in [1.82, 2.24) is 4.98 Å². The van der Waals surface area contributed by atoms with E-state index in [0.29, 0.717) is 17.1 Å². The molecule has 0 N–H and O–H groups in total. The van der Waals surface area contributed by atoms with Crippen molar-refractivity contribution in [2.45, 2.75) is 6.92 Å². The standard InChI is InChI=1S/C22H19NO3/c1-16-6-10-18(11-7-16)22(24)26-20-13-9-17(15-21(20)25-2)8-12-19-5-3-4-14-23-19/h3-15H,1-2H3/b12-8+. The van der Waals surface area contributed by atoms with Crippen LogP contribution >= 0.6 is 0 Å². The summed E-state index contributed by atoms with van der Waals surface area (Å²) in [4.78, 5) is 16.5. The van der Waals surface area contributed by atoms with Gasteiger partial charge in [0, 0.05) is 6.20 Å². The minimum Gasteiger partial charge on any atom is -0.493 e. The molecule has 2 aromatic carbocycles. The van der Waals surface area contributed by atoms with Gasteiger partial charge in [0.05, 0.1) is 18.4 Å². The molecule has 0 bridgehead atoms. The smallest absolute Gasteiger partial charge is 0.343 e. The molecule has 4 nitrogen and oxygen atoms in total. The van der Waals surface area contributed by atoms with E-state index < -0.39 is 5.97 Å². The number of aromatic nitrogens is 1. The lowest BCUT2D eigenvalue weighted by Crippen LogP contribution is -2.09. The lowest BCUT2D eigenvalue weighted by atomic mass is 10.1. The highest BCUT2D eigenvalue weighted by Crippen LogP contribution is 2.29.